The molecule has 0 saturated carbocycles. The number of nitrogens with zero attached hydrogens (tertiary/aromatic N) is 1. The van der Waals surface area contributed by atoms with Gasteiger partial charge in [-0.25, -0.2) is 4.79 Å². The molecule has 126 valence electrons. The van der Waals surface area contributed by atoms with E-state index in [1.807, 2.05) is 30.3 Å². The number of amides is 2. The Labute approximate surface area is 155 Å². The number of halogens is 2. The van der Waals surface area contributed by atoms with Crippen molar-refractivity contribution in [1.29, 1.82) is 0 Å². The summed E-state index contributed by atoms with van der Waals surface area (Å²) >= 11 is 14.0. The highest BCUT2D eigenvalue weighted by molar-refractivity contribution is 7.99. The molecule has 2 amide bonds. The molecular formula is C17H16Cl2N2O2S. The number of nitrogens with one attached hydrogen (secondary N) is 1. The summed E-state index contributed by atoms with van der Waals surface area (Å²) in [5.74, 6) is 1.47. The minimum absolute atomic E-state index is 0.135. The predicted molar refractivity (Wildman–Crippen MR) is 100 cm³/mol. The van der Waals surface area contributed by atoms with E-state index in [0.717, 1.165) is 11.3 Å². The summed E-state index contributed by atoms with van der Waals surface area (Å²) in [7, 11) is 1.58. The summed E-state index contributed by atoms with van der Waals surface area (Å²) < 4.78 is 5.28. The lowest BCUT2D eigenvalue weighted by molar-refractivity contribution is 0.214. The minimum Gasteiger partial charge on any atom is -0.495 e. The molecule has 2 aromatic carbocycles. The summed E-state index contributed by atoms with van der Waals surface area (Å²) in [6, 6.07) is 12.5. The van der Waals surface area contributed by atoms with Gasteiger partial charge in [0.2, 0.25) is 0 Å². The van der Waals surface area contributed by atoms with Crippen LogP contribution in [0.4, 0.5) is 10.5 Å². The third kappa shape index (κ3) is 3.58. The summed E-state index contributed by atoms with van der Waals surface area (Å²) in [4.78, 5) is 14.5. The SMILES string of the molecule is COc1ccccc1NC(=O)N1CCS[C@@H]1c1ccc(Cl)cc1Cl. The van der Waals surface area contributed by atoms with Gasteiger partial charge in [-0.1, -0.05) is 41.4 Å². The molecule has 7 heteroatoms. The van der Waals surface area contributed by atoms with Crippen LogP contribution < -0.4 is 10.1 Å². The topological polar surface area (TPSA) is 41.6 Å². The van der Waals surface area contributed by atoms with Crippen molar-refractivity contribution in [3.63, 3.8) is 0 Å². The van der Waals surface area contributed by atoms with Crippen LogP contribution in [-0.4, -0.2) is 30.3 Å². The van der Waals surface area contributed by atoms with E-state index in [1.54, 1.807) is 35.9 Å². The van der Waals surface area contributed by atoms with Gasteiger partial charge >= 0.3 is 6.03 Å². The maximum absolute atomic E-state index is 12.7. The number of ether oxygens (including phenoxy) is 1. The van der Waals surface area contributed by atoms with Gasteiger partial charge in [0, 0.05) is 27.9 Å². The largest absolute Gasteiger partial charge is 0.495 e. The zero-order valence-corrected chi connectivity index (χ0v) is 15.3. The van der Waals surface area contributed by atoms with Gasteiger partial charge in [-0.15, -0.1) is 11.8 Å². The zero-order chi connectivity index (χ0) is 17.1. The molecule has 1 heterocycles. The van der Waals surface area contributed by atoms with Crippen molar-refractivity contribution in [2.75, 3.05) is 24.7 Å². The second-order valence-corrected chi connectivity index (χ2v) is 7.24. The van der Waals surface area contributed by atoms with Crippen LogP contribution in [-0.2, 0) is 0 Å². The number of thioether (sulfide) groups is 1. The molecule has 1 N–H and O–H groups in total. The van der Waals surface area contributed by atoms with Crippen molar-refractivity contribution >= 4 is 46.7 Å². The Hall–Kier alpha value is -1.56. The van der Waals surface area contributed by atoms with Crippen LogP contribution in [0.25, 0.3) is 0 Å². The lowest BCUT2D eigenvalue weighted by atomic mass is 10.2. The molecule has 1 aliphatic heterocycles. The molecule has 2 aromatic rings. The lowest BCUT2D eigenvalue weighted by Gasteiger charge is -2.25. The number of benzene rings is 2. The van der Waals surface area contributed by atoms with Crippen molar-refractivity contribution in [3.8, 4) is 5.75 Å². The van der Waals surface area contributed by atoms with Gasteiger partial charge < -0.3 is 15.0 Å². The summed E-state index contributed by atoms with van der Waals surface area (Å²) in [5, 5.41) is 3.93. The van der Waals surface area contributed by atoms with Gasteiger partial charge in [0.05, 0.1) is 12.8 Å². The Balaban J connectivity index is 1.81. The Bertz CT molecular complexity index is 757. The van der Waals surface area contributed by atoms with Crippen molar-refractivity contribution in [1.82, 2.24) is 4.90 Å². The van der Waals surface area contributed by atoms with Gasteiger partial charge in [0.15, 0.2) is 0 Å². The summed E-state index contributed by atoms with van der Waals surface area (Å²) in [6.45, 7) is 0.648. The van der Waals surface area contributed by atoms with Gasteiger partial charge in [-0.05, 0) is 24.3 Å². The molecule has 0 aliphatic carbocycles. The zero-order valence-electron chi connectivity index (χ0n) is 13.0. The van der Waals surface area contributed by atoms with Crippen LogP contribution in [0.2, 0.25) is 10.0 Å². The third-order valence-corrected chi connectivity index (χ3v) is 5.53. The first-order valence-corrected chi connectivity index (χ1v) is 9.18. The average molecular weight is 383 g/mol. The van der Waals surface area contributed by atoms with E-state index in [0.29, 0.717) is 28.0 Å². The first-order chi connectivity index (χ1) is 11.6. The number of rotatable bonds is 3. The molecule has 1 atom stereocenters. The Morgan fingerprint density at radius 2 is 2.08 bits per heavy atom. The highest BCUT2D eigenvalue weighted by Crippen LogP contribution is 2.42. The van der Waals surface area contributed by atoms with E-state index in [1.165, 1.54) is 0 Å². The fraction of sp³-hybridized carbons (Fsp3) is 0.235. The number of hydrogen-bond acceptors (Lipinski definition) is 3. The fourth-order valence-electron chi connectivity index (χ4n) is 2.57. The fourth-order valence-corrected chi connectivity index (χ4v) is 4.44. The molecule has 1 saturated heterocycles. The van der Waals surface area contributed by atoms with Crippen LogP contribution in [0.3, 0.4) is 0 Å². The molecule has 4 nitrogen and oxygen atoms in total. The second kappa shape index (κ2) is 7.55. The summed E-state index contributed by atoms with van der Waals surface area (Å²) in [5.41, 5.74) is 1.53. The van der Waals surface area contributed by atoms with Crippen LogP contribution >= 0.6 is 35.0 Å². The molecule has 1 aliphatic rings. The second-order valence-electron chi connectivity index (χ2n) is 5.21. The normalized spacial score (nSPS) is 17.0. The highest BCUT2D eigenvalue weighted by atomic mass is 35.5. The highest BCUT2D eigenvalue weighted by Gasteiger charge is 2.32. The minimum atomic E-state index is -0.180. The van der Waals surface area contributed by atoms with Crippen molar-refractivity contribution in [2.45, 2.75) is 5.37 Å². The van der Waals surface area contributed by atoms with Crippen LogP contribution in [0.1, 0.15) is 10.9 Å². The Kier molecular flexibility index (Phi) is 5.43. The van der Waals surface area contributed by atoms with Crippen LogP contribution in [0.15, 0.2) is 42.5 Å². The van der Waals surface area contributed by atoms with Crippen LogP contribution in [0, 0.1) is 0 Å². The maximum Gasteiger partial charge on any atom is 0.323 e. The number of para-hydroxylation sites is 2. The Morgan fingerprint density at radius 1 is 1.29 bits per heavy atom. The van der Waals surface area contributed by atoms with E-state index >= 15 is 0 Å². The lowest BCUT2D eigenvalue weighted by Crippen LogP contribution is -2.34. The molecule has 0 aromatic heterocycles. The molecule has 0 bridgehead atoms. The van der Waals surface area contributed by atoms with Crippen molar-refractivity contribution in [2.24, 2.45) is 0 Å². The predicted octanol–water partition coefficient (Wildman–Crippen LogP) is 5.28. The molecular weight excluding hydrogens is 367 g/mol. The Morgan fingerprint density at radius 3 is 2.83 bits per heavy atom. The average Bonchev–Trinajstić information content (AvgIpc) is 3.05. The van der Waals surface area contributed by atoms with Gasteiger partial charge in [-0.2, -0.15) is 0 Å². The van der Waals surface area contributed by atoms with E-state index in [2.05, 4.69) is 5.32 Å². The maximum atomic E-state index is 12.7. The third-order valence-electron chi connectivity index (χ3n) is 3.73. The number of methoxy groups -OCH3 is 1. The molecule has 0 unspecified atom stereocenters. The smallest absolute Gasteiger partial charge is 0.323 e. The summed E-state index contributed by atoms with van der Waals surface area (Å²) in [6.07, 6.45) is 0. The number of urea groups is 1. The standard InChI is InChI=1S/C17H16Cl2N2O2S/c1-23-15-5-3-2-4-14(15)20-17(22)21-8-9-24-16(21)12-7-6-11(18)10-13(12)19/h2-7,10,16H,8-9H2,1H3,(H,20,22)/t16-/m1/s1. The molecule has 0 spiro atoms. The molecule has 24 heavy (non-hydrogen) atoms. The van der Waals surface area contributed by atoms with Crippen molar-refractivity contribution < 1.29 is 9.53 Å². The monoisotopic (exact) mass is 382 g/mol. The first kappa shape index (κ1) is 17.3. The molecule has 3 rings (SSSR count). The number of anilines is 1. The number of carbonyl (C=O) groups excluding carboxylic acids is 1. The van der Waals surface area contributed by atoms with Crippen molar-refractivity contribution in [3.05, 3.63) is 58.1 Å². The molecule has 1 fully saturated rings. The number of carbonyl (C=O) groups is 1. The van der Waals surface area contributed by atoms with Crippen LogP contribution in [0.5, 0.6) is 5.75 Å². The van der Waals surface area contributed by atoms with E-state index < -0.39 is 0 Å². The first-order valence-electron chi connectivity index (χ1n) is 7.37. The quantitative estimate of drug-likeness (QED) is 0.784. The van der Waals surface area contributed by atoms with Gasteiger partial charge in [0.25, 0.3) is 0 Å². The van der Waals surface area contributed by atoms with Gasteiger partial charge in [0.1, 0.15) is 11.1 Å². The molecule has 0 radical (unpaired) electrons. The van der Waals surface area contributed by atoms with E-state index in [4.69, 9.17) is 27.9 Å². The number of hydrogen-bond donors (Lipinski definition) is 1. The van der Waals surface area contributed by atoms with E-state index in [-0.39, 0.29) is 11.4 Å². The van der Waals surface area contributed by atoms with Gasteiger partial charge in [-0.3, -0.25) is 0 Å². The van der Waals surface area contributed by atoms with E-state index in [9.17, 15) is 4.79 Å².